The third kappa shape index (κ3) is 4.33. The lowest BCUT2D eigenvalue weighted by molar-refractivity contribution is -0.117. The Kier molecular flexibility index (Phi) is 5.92. The number of carbonyl (C=O) groups excluding carboxylic acids is 1. The van der Waals surface area contributed by atoms with Gasteiger partial charge in [-0.25, -0.2) is 0 Å². The summed E-state index contributed by atoms with van der Waals surface area (Å²) < 4.78 is 5.54. The van der Waals surface area contributed by atoms with E-state index in [9.17, 15) is 4.79 Å². The van der Waals surface area contributed by atoms with Gasteiger partial charge in [-0.3, -0.25) is 9.69 Å². The fourth-order valence-electron chi connectivity index (χ4n) is 4.02. The number of carbonyl (C=O) groups is 1. The highest BCUT2D eigenvalue weighted by Gasteiger charge is 2.23. The molecular weight excluding hydrogens is 360 g/mol. The number of aryl methyl sites for hydroxylation is 1. The Morgan fingerprint density at radius 2 is 1.62 bits per heavy atom. The molecule has 3 aromatic carbocycles. The highest BCUT2D eigenvalue weighted by Crippen LogP contribution is 2.30. The number of rotatable bonds is 6. The van der Waals surface area contributed by atoms with Crippen LogP contribution in [0.15, 0.2) is 78.9 Å². The molecule has 1 atom stereocenters. The van der Waals surface area contributed by atoms with E-state index in [0.29, 0.717) is 6.54 Å². The summed E-state index contributed by atoms with van der Waals surface area (Å²) in [5.41, 5.74) is 4.36. The molecule has 4 rings (SSSR count). The maximum atomic E-state index is 13.2. The van der Waals surface area contributed by atoms with E-state index in [2.05, 4.69) is 11.4 Å². The molecule has 0 radical (unpaired) electrons. The lowest BCUT2D eigenvalue weighted by Crippen LogP contribution is -2.42. The van der Waals surface area contributed by atoms with Crippen LogP contribution in [-0.4, -0.2) is 25.6 Å². The Hall–Kier alpha value is -3.11. The first kappa shape index (κ1) is 19.2. The van der Waals surface area contributed by atoms with Gasteiger partial charge in [-0.1, -0.05) is 48.5 Å². The largest absolute Gasteiger partial charge is 0.496 e. The van der Waals surface area contributed by atoms with Crippen molar-refractivity contribution in [3.8, 4) is 5.75 Å². The standard InChI is InChI=1S/C25H26N2O2/c1-29-24-14-8-9-19-15-16-20(17-23(19)24)26-18-25(28)27(21-10-4-2-5-11-21)22-12-6-3-7-13-22/h2-14,20,26H,15-18H2,1H3/t20-/m0/s1. The Labute approximate surface area is 172 Å². The number of fused-ring (bicyclic) bond motifs is 1. The second-order valence-electron chi connectivity index (χ2n) is 7.32. The topological polar surface area (TPSA) is 41.6 Å². The summed E-state index contributed by atoms with van der Waals surface area (Å²) in [5.74, 6) is 0.976. The first-order valence-electron chi connectivity index (χ1n) is 10.1. The molecule has 4 nitrogen and oxygen atoms in total. The quantitative estimate of drug-likeness (QED) is 0.678. The molecule has 0 saturated carbocycles. The van der Waals surface area contributed by atoms with Crippen LogP contribution in [0.1, 0.15) is 17.5 Å². The van der Waals surface area contributed by atoms with Crippen LogP contribution >= 0.6 is 0 Å². The Bertz CT molecular complexity index is 903. The number of amides is 1. The highest BCUT2D eigenvalue weighted by atomic mass is 16.5. The van der Waals surface area contributed by atoms with Crippen LogP contribution in [0.25, 0.3) is 0 Å². The zero-order chi connectivity index (χ0) is 20.1. The normalized spacial score (nSPS) is 15.4. The van der Waals surface area contributed by atoms with Crippen molar-refractivity contribution in [1.29, 1.82) is 0 Å². The molecule has 0 spiro atoms. The Morgan fingerprint density at radius 1 is 0.966 bits per heavy atom. The van der Waals surface area contributed by atoms with E-state index in [1.165, 1.54) is 11.1 Å². The average molecular weight is 386 g/mol. The molecule has 148 valence electrons. The van der Waals surface area contributed by atoms with Crippen molar-refractivity contribution >= 4 is 17.3 Å². The number of para-hydroxylation sites is 2. The van der Waals surface area contributed by atoms with Gasteiger partial charge >= 0.3 is 0 Å². The van der Waals surface area contributed by atoms with Crippen molar-refractivity contribution in [1.82, 2.24) is 5.32 Å². The molecule has 1 amide bonds. The molecule has 29 heavy (non-hydrogen) atoms. The summed E-state index contributed by atoms with van der Waals surface area (Å²) in [6.07, 6.45) is 2.90. The van der Waals surface area contributed by atoms with Crippen molar-refractivity contribution in [2.75, 3.05) is 18.6 Å². The van der Waals surface area contributed by atoms with Gasteiger partial charge in [0.25, 0.3) is 0 Å². The fourth-order valence-corrected chi connectivity index (χ4v) is 4.02. The number of ether oxygens (including phenoxy) is 1. The summed E-state index contributed by atoms with van der Waals surface area (Å²) in [4.78, 5) is 15.0. The molecule has 1 aliphatic rings. The van der Waals surface area contributed by atoms with E-state index in [-0.39, 0.29) is 11.9 Å². The van der Waals surface area contributed by atoms with Gasteiger partial charge in [-0.2, -0.15) is 0 Å². The molecule has 0 unspecified atom stereocenters. The van der Waals surface area contributed by atoms with E-state index < -0.39 is 0 Å². The fraction of sp³-hybridized carbons (Fsp3) is 0.240. The van der Waals surface area contributed by atoms with Gasteiger partial charge in [0.05, 0.1) is 13.7 Å². The maximum absolute atomic E-state index is 13.2. The van der Waals surface area contributed by atoms with Gasteiger partial charge < -0.3 is 10.1 Å². The zero-order valence-electron chi connectivity index (χ0n) is 16.7. The molecule has 1 aliphatic carbocycles. The van der Waals surface area contributed by atoms with Crippen molar-refractivity contribution in [2.24, 2.45) is 0 Å². The lowest BCUT2D eigenvalue weighted by Gasteiger charge is -2.28. The van der Waals surface area contributed by atoms with Crippen LogP contribution in [0.3, 0.4) is 0 Å². The molecule has 0 aliphatic heterocycles. The first-order chi connectivity index (χ1) is 14.3. The third-order valence-electron chi connectivity index (χ3n) is 5.48. The smallest absolute Gasteiger partial charge is 0.245 e. The number of benzene rings is 3. The summed E-state index contributed by atoms with van der Waals surface area (Å²) in [7, 11) is 1.72. The summed E-state index contributed by atoms with van der Waals surface area (Å²) in [5, 5.41) is 3.49. The summed E-state index contributed by atoms with van der Waals surface area (Å²) >= 11 is 0. The Morgan fingerprint density at radius 3 is 2.24 bits per heavy atom. The number of hydrogen-bond donors (Lipinski definition) is 1. The van der Waals surface area contributed by atoms with Crippen LogP contribution in [0, 0.1) is 0 Å². The molecule has 0 heterocycles. The molecule has 0 aromatic heterocycles. The molecule has 3 aromatic rings. The highest BCUT2D eigenvalue weighted by molar-refractivity contribution is 6.01. The predicted molar refractivity (Wildman–Crippen MR) is 117 cm³/mol. The molecular formula is C25H26N2O2. The van der Waals surface area contributed by atoms with Gasteiger partial charge in [-0.15, -0.1) is 0 Å². The van der Waals surface area contributed by atoms with E-state index in [0.717, 1.165) is 36.4 Å². The predicted octanol–water partition coefficient (Wildman–Crippen LogP) is 4.51. The number of nitrogens with one attached hydrogen (secondary N) is 1. The van der Waals surface area contributed by atoms with E-state index in [4.69, 9.17) is 4.74 Å². The zero-order valence-corrected chi connectivity index (χ0v) is 16.7. The SMILES string of the molecule is COc1cccc2c1C[C@@H](NCC(=O)N(c1ccccc1)c1ccccc1)CC2. The monoisotopic (exact) mass is 386 g/mol. The molecule has 0 saturated heterocycles. The second-order valence-corrected chi connectivity index (χ2v) is 7.32. The minimum atomic E-state index is 0.0354. The van der Waals surface area contributed by atoms with E-state index in [1.807, 2.05) is 72.8 Å². The van der Waals surface area contributed by atoms with Crippen LogP contribution in [0.4, 0.5) is 11.4 Å². The van der Waals surface area contributed by atoms with Gasteiger partial charge in [0, 0.05) is 17.4 Å². The maximum Gasteiger partial charge on any atom is 0.245 e. The Balaban J connectivity index is 1.48. The third-order valence-corrected chi connectivity index (χ3v) is 5.48. The number of methoxy groups -OCH3 is 1. The first-order valence-corrected chi connectivity index (χ1v) is 10.1. The van der Waals surface area contributed by atoms with Gasteiger partial charge in [0.2, 0.25) is 5.91 Å². The minimum Gasteiger partial charge on any atom is -0.496 e. The van der Waals surface area contributed by atoms with E-state index in [1.54, 1.807) is 12.0 Å². The van der Waals surface area contributed by atoms with Crippen molar-refractivity contribution in [3.05, 3.63) is 90.0 Å². The van der Waals surface area contributed by atoms with Crippen molar-refractivity contribution in [2.45, 2.75) is 25.3 Å². The van der Waals surface area contributed by atoms with Crippen molar-refractivity contribution in [3.63, 3.8) is 0 Å². The minimum absolute atomic E-state index is 0.0354. The van der Waals surface area contributed by atoms with Crippen LogP contribution in [0.2, 0.25) is 0 Å². The van der Waals surface area contributed by atoms with Crippen LogP contribution in [0.5, 0.6) is 5.75 Å². The van der Waals surface area contributed by atoms with Crippen LogP contribution < -0.4 is 15.0 Å². The number of anilines is 2. The van der Waals surface area contributed by atoms with Crippen molar-refractivity contribution < 1.29 is 9.53 Å². The second kappa shape index (κ2) is 8.93. The van der Waals surface area contributed by atoms with E-state index >= 15 is 0 Å². The van der Waals surface area contributed by atoms with Gasteiger partial charge in [0.1, 0.15) is 5.75 Å². The van der Waals surface area contributed by atoms with Crippen LogP contribution in [-0.2, 0) is 17.6 Å². The average Bonchev–Trinajstić information content (AvgIpc) is 2.79. The molecule has 0 bridgehead atoms. The summed E-state index contributed by atoms with van der Waals surface area (Å²) in [6, 6.07) is 26.1. The number of nitrogens with zero attached hydrogens (tertiary/aromatic N) is 1. The molecule has 4 heteroatoms. The molecule has 1 N–H and O–H groups in total. The molecule has 0 fully saturated rings. The lowest BCUT2D eigenvalue weighted by atomic mass is 9.87. The van der Waals surface area contributed by atoms with Gasteiger partial charge in [0.15, 0.2) is 0 Å². The van der Waals surface area contributed by atoms with Gasteiger partial charge in [-0.05, 0) is 60.7 Å². The summed E-state index contributed by atoms with van der Waals surface area (Å²) in [6.45, 7) is 0.291. The number of hydrogen-bond acceptors (Lipinski definition) is 3.